The molecular formula is C26H24F3NO2. The van der Waals surface area contributed by atoms with E-state index in [4.69, 9.17) is 9.47 Å². The quantitative estimate of drug-likeness (QED) is 0.414. The third kappa shape index (κ3) is 5.13. The number of halogens is 3. The fraction of sp³-hybridized carbons (Fsp3) is 0.269. The second-order valence-corrected chi connectivity index (χ2v) is 7.80. The zero-order valence-corrected chi connectivity index (χ0v) is 17.7. The Bertz CT molecular complexity index is 1070. The van der Waals surface area contributed by atoms with E-state index in [1.165, 1.54) is 12.1 Å². The van der Waals surface area contributed by atoms with Gasteiger partial charge in [-0.2, -0.15) is 13.2 Å². The van der Waals surface area contributed by atoms with Crippen LogP contribution < -0.4 is 9.47 Å². The van der Waals surface area contributed by atoms with E-state index in [0.717, 1.165) is 54.5 Å². The van der Waals surface area contributed by atoms with Crippen LogP contribution in [0.25, 0.3) is 11.6 Å². The Labute approximate surface area is 185 Å². The topological polar surface area (TPSA) is 31.4 Å². The summed E-state index contributed by atoms with van der Waals surface area (Å²) in [5, 5.41) is 0. The predicted molar refractivity (Wildman–Crippen MR) is 119 cm³/mol. The molecule has 3 aromatic rings. The van der Waals surface area contributed by atoms with Gasteiger partial charge >= 0.3 is 6.18 Å². The predicted octanol–water partition coefficient (Wildman–Crippen LogP) is 7.02. The molecule has 0 aliphatic heterocycles. The van der Waals surface area contributed by atoms with Crippen LogP contribution in [0.2, 0.25) is 0 Å². The van der Waals surface area contributed by atoms with Crippen LogP contribution in [-0.2, 0) is 6.18 Å². The number of methoxy groups -OCH3 is 1. The minimum absolute atomic E-state index is 0.151. The highest BCUT2D eigenvalue weighted by molar-refractivity contribution is 5.92. The number of aromatic nitrogens is 1. The normalized spacial score (nSPS) is 15.1. The van der Waals surface area contributed by atoms with Crippen LogP contribution in [0, 0.1) is 0 Å². The van der Waals surface area contributed by atoms with Crippen molar-refractivity contribution in [2.75, 3.05) is 7.11 Å². The minimum atomic E-state index is -4.38. The van der Waals surface area contributed by atoms with Gasteiger partial charge < -0.3 is 9.47 Å². The molecule has 1 saturated carbocycles. The number of nitrogens with zero attached hydrogens (tertiary/aromatic N) is 1. The Balaban J connectivity index is 1.77. The Morgan fingerprint density at radius 3 is 2.19 bits per heavy atom. The largest absolute Gasteiger partial charge is 0.493 e. The summed E-state index contributed by atoms with van der Waals surface area (Å²) >= 11 is 0. The molecule has 32 heavy (non-hydrogen) atoms. The van der Waals surface area contributed by atoms with E-state index in [0.29, 0.717) is 17.1 Å². The molecule has 0 atom stereocenters. The third-order valence-electron chi connectivity index (χ3n) is 5.61. The minimum Gasteiger partial charge on any atom is -0.493 e. The lowest BCUT2D eigenvalue weighted by Crippen LogP contribution is -2.11. The van der Waals surface area contributed by atoms with Crippen molar-refractivity contribution in [1.29, 1.82) is 0 Å². The molecule has 0 spiro atoms. The summed E-state index contributed by atoms with van der Waals surface area (Å²) in [4.78, 5) is 4.04. The first-order chi connectivity index (χ1) is 15.4. The molecule has 4 rings (SSSR count). The van der Waals surface area contributed by atoms with Gasteiger partial charge in [-0.3, -0.25) is 4.98 Å². The van der Waals surface area contributed by atoms with Crippen molar-refractivity contribution < 1.29 is 22.6 Å². The Hall–Kier alpha value is -3.28. The summed E-state index contributed by atoms with van der Waals surface area (Å²) in [6.07, 6.45) is 5.37. The summed E-state index contributed by atoms with van der Waals surface area (Å²) in [6, 6.07) is 14.5. The van der Waals surface area contributed by atoms with Crippen molar-refractivity contribution in [2.24, 2.45) is 0 Å². The van der Waals surface area contributed by atoms with Gasteiger partial charge in [-0.05, 0) is 90.4 Å². The van der Waals surface area contributed by atoms with Gasteiger partial charge in [-0.25, -0.2) is 0 Å². The van der Waals surface area contributed by atoms with Crippen molar-refractivity contribution in [3.05, 3.63) is 89.2 Å². The molecule has 0 radical (unpaired) electrons. The Kier molecular flexibility index (Phi) is 6.49. The fourth-order valence-electron chi connectivity index (χ4n) is 3.92. The van der Waals surface area contributed by atoms with E-state index in [-0.39, 0.29) is 6.10 Å². The summed E-state index contributed by atoms with van der Waals surface area (Å²) in [7, 11) is 1.60. The number of pyridine rings is 1. The number of hydrogen-bond donors (Lipinski definition) is 0. The number of benzene rings is 2. The van der Waals surface area contributed by atoms with E-state index < -0.39 is 11.7 Å². The third-order valence-corrected chi connectivity index (χ3v) is 5.61. The van der Waals surface area contributed by atoms with Gasteiger partial charge in [0.25, 0.3) is 0 Å². The molecule has 6 heteroatoms. The fourth-order valence-corrected chi connectivity index (χ4v) is 3.92. The van der Waals surface area contributed by atoms with Gasteiger partial charge in [0.2, 0.25) is 0 Å². The van der Waals surface area contributed by atoms with Gasteiger partial charge in [0, 0.05) is 12.4 Å². The molecule has 0 unspecified atom stereocenters. The monoisotopic (exact) mass is 439 g/mol. The van der Waals surface area contributed by atoms with Crippen LogP contribution in [-0.4, -0.2) is 18.2 Å². The van der Waals surface area contributed by atoms with Crippen molar-refractivity contribution in [3.63, 3.8) is 0 Å². The highest BCUT2D eigenvalue weighted by Gasteiger charge is 2.30. The van der Waals surface area contributed by atoms with Gasteiger partial charge in [-0.1, -0.05) is 18.2 Å². The number of hydrogen-bond acceptors (Lipinski definition) is 3. The molecule has 1 fully saturated rings. The first-order valence-corrected chi connectivity index (χ1v) is 10.6. The smallest absolute Gasteiger partial charge is 0.416 e. The molecule has 1 aliphatic carbocycles. The van der Waals surface area contributed by atoms with Crippen LogP contribution >= 0.6 is 0 Å². The van der Waals surface area contributed by atoms with Gasteiger partial charge in [0.05, 0.1) is 18.8 Å². The van der Waals surface area contributed by atoms with Crippen LogP contribution in [0.3, 0.4) is 0 Å². The van der Waals surface area contributed by atoms with Gasteiger partial charge in [0.1, 0.15) is 0 Å². The highest BCUT2D eigenvalue weighted by Crippen LogP contribution is 2.37. The van der Waals surface area contributed by atoms with Crippen LogP contribution in [0.5, 0.6) is 11.5 Å². The maximum atomic E-state index is 13.1. The lowest BCUT2D eigenvalue weighted by atomic mass is 9.94. The lowest BCUT2D eigenvalue weighted by molar-refractivity contribution is -0.137. The maximum absolute atomic E-state index is 13.1. The van der Waals surface area contributed by atoms with E-state index in [1.807, 2.05) is 36.4 Å². The second-order valence-electron chi connectivity index (χ2n) is 7.80. The standard InChI is InChI=1S/C26H24F3NO2/c1-31-24-11-8-20(17-25(24)32-22-4-2-3-5-22)23(16-18-12-14-30-15-13-18)19-6-9-21(10-7-19)26(27,28)29/h6-17,22H,2-5H2,1H3/b23-16+. The van der Waals surface area contributed by atoms with Crippen molar-refractivity contribution in [3.8, 4) is 11.5 Å². The van der Waals surface area contributed by atoms with Crippen LogP contribution in [0.15, 0.2) is 67.0 Å². The number of rotatable bonds is 6. The SMILES string of the molecule is COc1ccc(/C(=C/c2ccncc2)c2ccc(C(F)(F)F)cc2)cc1OC1CCCC1. The Morgan fingerprint density at radius 1 is 0.906 bits per heavy atom. The summed E-state index contributed by atoms with van der Waals surface area (Å²) in [5.41, 5.74) is 2.50. The number of ether oxygens (including phenoxy) is 2. The molecule has 1 aliphatic rings. The molecule has 1 heterocycles. The molecule has 1 aromatic heterocycles. The second kappa shape index (κ2) is 9.47. The molecule has 2 aromatic carbocycles. The van der Waals surface area contributed by atoms with E-state index >= 15 is 0 Å². The van der Waals surface area contributed by atoms with Crippen molar-refractivity contribution in [1.82, 2.24) is 4.98 Å². The molecule has 0 N–H and O–H groups in total. The summed E-state index contributed by atoms with van der Waals surface area (Å²) < 4.78 is 50.9. The Morgan fingerprint density at radius 2 is 1.56 bits per heavy atom. The molecule has 3 nitrogen and oxygen atoms in total. The molecular weight excluding hydrogens is 415 g/mol. The molecule has 166 valence electrons. The molecule has 0 bridgehead atoms. The molecule has 0 amide bonds. The lowest BCUT2D eigenvalue weighted by Gasteiger charge is -2.18. The average molecular weight is 439 g/mol. The zero-order valence-electron chi connectivity index (χ0n) is 17.7. The maximum Gasteiger partial charge on any atom is 0.416 e. The first-order valence-electron chi connectivity index (χ1n) is 10.6. The average Bonchev–Trinajstić information content (AvgIpc) is 3.31. The summed E-state index contributed by atoms with van der Waals surface area (Å²) in [5.74, 6) is 1.28. The number of alkyl halides is 3. The van der Waals surface area contributed by atoms with Crippen LogP contribution in [0.1, 0.15) is 47.9 Å². The van der Waals surface area contributed by atoms with E-state index in [1.54, 1.807) is 19.5 Å². The molecule has 0 saturated heterocycles. The van der Waals surface area contributed by atoms with Crippen molar-refractivity contribution >= 4 is 11.6 Å². The van der Waals surface area contributed by atoms with Gasteiger partial charge in [0.15, 0.2) is 11.5 Å². The van der Waals surface area contributed by atoms with E-state index in [9.17, 15) is 13.2 Å². The van der Waals surface area contributed by atoms with E-state index in [2.05, 4.69) is 4.98 Å². The first kappa shape index (κ1) is 21.9. The highest BCUT2D eigenvalue weighted by atomic mass is 19.4. The summed E-state index contributed by atoms with van der Waals surface area (Å²) in [6.45, 7) is 0. The van der Waals surface area contributed by atoms with Crippen molar-refractivity contribution in [2.45, 2.75) is 38.0 Å². The van der Waals surface area contributed by atoms with Crippen LogP contribution in [0.4, 0.5) is 13.2 Å². The van der Waals surface area contributed by atoms with Gasteiger partial charge in [-0.15, -0.1) is 0 Å². The zero-order chi connectivity index (χ0) is 22.6.